The van der Waals surface area contributed by atoms with E-state index in [1.807, 2.05) is 36.4 Å². The molecule has 0 aliphatic rings. The van der Waals surface area contributed by atoms with Crippen molar-refractivity contribution >= 4 is 24.4 Å². The average Bonchev–Trinajstić information content (AvgIpc) is 3.12. The average molecular weight is 689 g/mol. The maximum absolute atomic E-state index is 14.5. The number of methoxy groups -OCH3 is 1. The Kier molecular flexibility index (Phi) is 12.3. The minimum absolute atomic E-state index is 0.127. The number of nitrogens with one attached hydrogen (secondary N) is 1. The highest BCUT2D eigenvalue weighted by Crippen LogP contribution is 2.41. The van der Waals surface area contributed by atoms with Crippen LogP contribution in [0, 0.1) is 5.82 Å². The van der Waals surface area contributed by atoms with E-state index >= 15 is 0 Å². The summed E-state index contributed by atoms with van der Waals surface area (Å²) < 4.78 is 27.7. The molecule has 0 atom stereocenters. The van der Waals surface area contributed by atoms with E-state index in [0.29, 0.717) is 13.2 Å². The molecule has 0 bridgehead atoms. The van der Waals surface area contributed by atoms with Gasteiger partial charge < -0.3 is 14.5 Å². The molecule has 262 valence electrons. The van der Waals surface area contributed by atoms with Crippen molar-refractivity contribution in [1.29, 1.82) is 0 Å². The number of halogens is 1. The number of benzene rings is 4. The smallest absolute Gasteiger partial charge is 0.261 e. The zero-order valence-corrected chi connectivity index (χ0v) is 31.9. The predicted octanol–water partition coefficient (Wildman–Crippen LogP) is 10.4. The molecule has 5 rings (SSSR count). The van der Waals surface area contributed by atoms with E-state index in [1.165, 1.54) is 15.9 Å². The Morgan fingerprint density at radius 1 is 0.780 bits per heavy atom. The molecule has 0 fully saturated rings. The standard InChI is InChI=1S/C44H53FN2O2Si/c1-8-9-12-23-37-40(30-46-39-24-17-18-25-41(39)48-7)47-43(32(2)3)38(42(37)33-26-28-34(45)29-27-33)31-49-50(44(4,5)6,35-19-13-10-14-20-35)36-21-15-11-16-22-36/h10-11,13-22,24-29,32,46H,8-9,12,23,30-31H2,1-7H3. The molecule has 0 unspecified atom stereocenters. The number of unbranched alkanes of at least 4 members (excludes halogenated alkanes) is 2. The third-order valence-electron chi connectivity index (χ3n) is 9.63. The van der Waals surface area contributed by atoms with Crippen LogP contribution in [0.5, 0.6) is 5.75 Å². The number of nitrogens with zero attached hydrogens (tertiary/aromatic N) is 1. The molecule has 1 heterocycles. The van der Waals surface area contributed by atoms with Crippen LogP contribution in [-0.2, 0) is 24.0 Å². The third-order valence-corrected chi connectivity index (χ3v) is 14.6. The quantitative estimate of drug-likeness (QED) is 0.0878. The van der Waals surface area contributed by atoms with Gasteiger partial charge in [0.05, 0.1) is 31.6 Å². The van der Waals surface area contributed by atoms with E-state index in [0.717, 1.165) is 65.2 Å². The Balaban J connectivity index is 1.74. The van der Waals surface area contributed by atoms with Crippen LogP contribution in [0.1, 0.15) is 89.2 Å². The first kappa shape index (κ1) is 37.0. The second-order valence-corrected chi connectivity index (χ2v) is 18.7. The predicted molar refractivity (Wildman–Crippen MR) is 210 cm³/mol. The van der Waals surface area contributed by atoms with E-state index in [2.05, 4.69) is 108 Å². The fraction of sp³-hybridized carbons (Fsp3) is 0.341. The van der Waals surface area contributed by atoms with E-state index in [9.17, 15) is 4.39 Å². The minimum atomic E-state index is -2.87. The van der Waals surface area contributed by atoms with Gasteiger partial charge in [-0.2, -0.15) is 0 Å². The van der Waals surface area contributed by atoms with E-state index in [-0.39, 0.29) is 16.8 Å². The lowest BCUT2D eigenvalue weighted by Gasteiger charge is -2.43. The van der Waals surface area contributed by atoms with Crippen LogP contribution in [0.3, 0.4) is 0 Å². The fourth-order valence-electron chi connectivity index (χ4n) is 7.20. The van der Waals surface area contributed by atoms with Crippen molar-refractivity contribution in [3.63, 3.8) is 0 Å². The summed E-state index contributed by atoms with van der Waals surface area (Å²) in [6, 6.07) is 36.5. The van der Waals surface area contributed by atoms with Crippen LogP contribution < -0.4 is 20.4 Å². The van der Waals surface area contributed by atoms with Crippen molar-refractivity contribution in [3.8, 4) is 16.9 Å². The zero-order chi connectivity index (χ0) is 35.7. The Hall–Kier alpha value is -4.26. The molecule has 50 heavy (non-hydrogen) atoms. The molecular weight excluding hydrogens is 636 g/mol. The van der Waals surface area contributed by atoms with Crippen LogP contribution >= 0.6 is 0 Å². The molecule has 4 aromatic carbocycles. The molecule has 0 radical (unpaired) electrons. The van der Waals surface area contributed by atoms with Gasteiger partial charge in [-0.1, -0.05) is 139 Å². The van der Waals surface area contributed by atoms with Gasteiger partial charge in [-0.15, -0.1) is 0 Å². The van der Waals surface area contributed by atoms with Crippen LogP contribution in [0.15, 0.2) is 109 Å². The Morgan fingerprint density at radius 2 is 1.38 bits per heavy atom. The van der Waals surface area contributed by atoms with Gasteiger partial charge in [0.1, 0.15) is 11.6 Å². The van der Waals surface area contributed by atoms with Crippen molar-refractivity contribution in [2.45, 2.75) is 91.3 Å². The normalized spacial score (nSPS) is 11.9. The molecule has 0 saturated heterocycles. The van der Waals surface area contributed by atoms with E-state index in [1.54, 1.807) is 19.2 Å². The van der Waals surface area contributed by atoms with Gasteiger partial charge in [0.25, 0.3) is 8.32 Å². The summed E-state index contributed by atoms with van der Waals surface area (Å²) in [4.78, 5) is 5.49. The van der Waals surface area contributed by atoms with Crippen molar-refractivity contribution in [3.05, 3.63) is 138 Å². The number of para-hydroxylation sites is 2. The number of anilines is 1. The minimum Gasteiger partial charge on any atom is -0.495 e. The Labute approximate surface area is 300 Å². The molecule has 1 aromatic heterocycles. The summed E-state index contributed by atoms with van der Waals surface area (Å²) in [6.07, 6.45) is 4.12. The number of rotatable bonds is 15. The molecule has 5 aromatic rings. The largest absolute Gasteiger partial charge is 0.495 e. The number of aromatic nitrogens is 1. The van der Waals surface area contributed by atoms with Gasteiger partial charge >= 0.3 is 0 Å². The fourth-order valence-corrected chi connectivity index (χ4v) is 11.7. The van der Waals surface area contributed by atoms with Gasteiger partial charge in [0.15, 0.2) is 0 Å². The first-order chi connectivity index (χ1) is 24.1. The Morgan fingerprint density at radius 3 is 1.94 bits per heavy atom. The Bertz CT molecular complexity index is 1780. The zero-order valence-electron chi connectivity index (χ0n) is 30.9. The van der Waals surface area contributed by atoms with Gasteiger partial charge in [-0.05, 0) is 75.1 Å². The number of hydrogen-bond acceptors (Lipinski definition) is 4. The molecule has 0 amide bonds. The molecule has 0 aliphatic heterocycles. The lowest BCUT2D eigenvalue weighted by molar-refractivity contribution is 0.284. The summed E-state index contributed by atoms with van der Waals surface area (Å²) >= 11 is 0. The van der Waals surface area contributed by atoms with Crippen LogP contribution in [-0.4, -0.2) is 20.4 Å². The maximum Gasteiger partial charge on any atom is 0.261 e. The molecule has 4 nitrogen and oxygen atoms in total. The highest BCUT2D eigenvalue weighted by molar-refractivity contribution is 6.99. The van der Waals surface area contributed by atoms with E-state index < -0.39 is 8.32 Å². The molecule has 6 heteroatoms. The second kappa shape index (κ2) is 16.6. The molecule has 0 spiro atoms. The lowest BCUT2D eigenvalue weighted by atomic mass is 9.87. The van der Waals surface area contributed by atoms with Gasteiger partial charge in [0, 0.05) is 11.3 Å². The van der Waals surface area contributed by atoms with Crippen LogP contribution in [0.4, 0.5) is 10.1 Å². The third kappa shape index (κ3) is 8.03. The second-order valence-electron chi connectivity index (χ2n) is 14.4. The summed E-state index contributed by atoms with van der Waals surface area (Å²) in [7, 11) is -1.18. The van der Waals surface area contributed by atoms with Crippen LogP contribution in [0.2, 0.25) is 5.04 Å². The number of ether oxygens (including phenoxy) is 1. The monoisotopic (exact) mass is 688 g/mol. The van der Waals surface area contributed by atoms with Gasteiger partial charge in [-0.3, -0.25) is 4.98 Å². The van der Waals surface area contributed by atoms with Gasteiger partial charge in [-0.25, -0.2) is 4.39 Å². The van der Waals surface area contributed by atoms with Crippen molar-refractivity contribution in [1.82, 2.24) is 4.98 Å². The molecule has 0 aliphatic carbocycles. The first-order valence-corrected chi connectivity index (χ1v) is 19.9. The maximum atomic E-state index is 14.5. The lowest BCUT2D eigenvalue weighted by Crippen LogP contribution is -2.66. The summed E-state index contributed by atoms with van der Waals surface area (Å²) in [5, 5.41) is 5.93. The first-order valence-electron chi connectivity index (χ1n) is 18.0. The number of hydrogen-bond donors (Lipinski definition) is 1. The summed E-state index contributed by atoms with van der Waals surface area (Å²) in [5.41, 5.74) is 7.33. The SMILES string of the molecule is CCCCCc1c(CNc2ccccc2OC)nc(C(C)C)c(CO[Si](c2ccccc2)(c2ccccc2)C(C)(C)C)c1-c1ccc(F)cc1. The summed E-state index contributed by atoms with van der Waals surface area (Å²) in [6.45, 7) is 14.5. The summed E-state index contributed by atoms with van der Waals surface area (Å²) in [5.74, 6) is 0.669. The highest BCUT2D eigenvalue weighted by atomic mass is 28.4. The van der Waals surface area contributed by atoms with Crippen LogP contribution in [0.25, 0.3) is 11.1 Å². The molecule has 1 N–H and O–H groups in total. The van der Waals surface area contributed by atoms with Crippen molar-refractivity contribution in [2.24, 2.45) is 0 Å². The van der Waals surface area contributed by atoms with Gasteiger partial charge in [0.2, 0.25) is 0 Å². The van der Waals surface area contributed by atoms with Crippen molar-refractivity contribution in [2.75, 3.05) is 12.4 Å². The highest BCUT2D eigenvalue weighted by Gasteiger charge is 2.50. The molecular formula is C44H53FN2O2Si. The van der Waals surface area contributed by atoms with Crippen molar-refractivity contribution < 1.29 is 13.6 Å². The molecule has 0 saturated carbocycles. The number of pyridine rings is 1. The topological polar surface area (TPSA) is 43.4 Å². The van der Waals surface area contributed by atoms with E-state index in [4.69, 9.17) is 14.1 Å².